The number of amides is 6. The molecule has 5 aromatic heterocycles. The van der Waals surface area contributed by atoms with Crippen LogP contribution in [0.5, 0.6) is 34.5 Å². The molecule has 0 radical (unpaired) electrons. The van der Waals surface area contributed by atoms with Gasteiger partial charge in [0, 0.05) is 92.2 Å². The number of nitrogens with one attached hydrogen (secondary N) is 6. The molecule has 42 heteroatoms. The molecule has 0 saturated heterocycles. The largest absolute Gasteiger partial charge is 0.504 e. The smallest absolute Gasteiger partial charge is 0.292 e. The van der Waals surface area contributed by atoms with E-state index in [-0.39, 0.29) is 138 Å². The highest BCUT2D eigenvalue weighted by molar-refractivity contribution is 7.91. The molecule has 678 valence electrons. The van der Waals surface area contributed by atoms with Crippen molar-refractivity contribution >= 4 is 219 Å². The van der Waals surface area contributed by atoms with Crippen molar-refractivity contribution < 1.29 is 72.3 Å². The number of aromatic hydroxyl groups is 6. The van der Waals surface area contributed by atoms with Crippen LogP contribution in [0.4, 0.5) is 34.1 Å². The highest BCUT2D eigenvalue weighted by Crippen LogP contribution is 2.46. The molecule has 0 spiro atoms. The molecule has 12 N–H and O–H groups in total. The zero-order chi connectivity index (χ0) is 95.5. The van der Waals surface area contributed by atoms with E-state index in [0.29, 0.717) is 93.9 Å². The predicted molar refractivity (Wildman–Crippen MR) is 508 cm³/mol. The maximum Gasteiger partial charge on any atom is 0.292 e. The Morgan fingerprint density at radius 1 is 0.434 bits per heavy atom. The monoisotopic (exact) mass is 2010 g/mol. The second-order valence-corrected chi connectivity index (χ2v) is 34.8. The van der Waals surface area contributed by atoms with Gasteiger partial charge < -0.3 is 71.6 Å². The number of pyridine rings is 1. The van der Waals surface area contributed by atoms with Gasteiger partial charge in [-0.15, -0.1) is 0 Å². The molecule has 0 atom stereocenters. The molecule has 129 heavy (non-hydrogen) atoms. The van der Waals surface area contributed by atoms with Crippen molar-refractivity contribution in [1.29, 1.82) is 0 Å². The molecular weight excluding hydrogens is 1940 g/mol. The molecule has 0 bridgehead atoms. The van der Waals surface area contributed by atoms with Crippen molar-refractivity contribution in [3.8, 4) is 40.2 Å². The fraction of sp³-hybridized carbons (Fsp3) is 0.184. The molecule has 8 aromatic carbocycles. The summed E-state index contributed by atoms with van der Waals surface area (Å²) in [6.07, 6.45) is 14.9. The minimum atomic E-state index is -3.39. The van der Waals surface area contributed by atoms with Crippen LogP contribution < -0.4 is 31.9 Å². The Bertz CT molecular complexity index is 6440. The minimum Gasteiger partial charge on any atom is -0.504 e. The van der Waals surface area contributed by atoms with Crippen molar-refractivity contribution in [1.82, 2.24) is 39.0 Å². The number of carbonyl (C=O) groups is 6. The fourth-order valence-electron chi connectivity index (χ4n) is 11.3. The van der Waals surface area contributed by atoms with Crippen molar-refractivity contribution in [3.05, 3.63) is 292 Å². The number of aromatic nitrogens is 8. The summed E-state index contributed by atoms with van der Waals surface area (Å²) in [4.78, 5) is 84.9. The first-order valence-corrected chi connectivity index (χ1v) is 44.2. The average Bonchev–Trinajstić information content (AvgIpc) is 1.63. The Balaban J connectivity index is 0.000000192. The van der Waals surface area contributed by atoms with Crippen LogP contribution in [-0.4, -0.2) is 119 Å². The molecule has 29 nitrogen and oxygen atoms in total. The SMILES string of the molecule is CCc1c(Cl)cc(NC(=O)c2ccc(C)nc2)c(O)c1Cl.CCc1c(Cl)cc(NC(=O)c2ccc(S(=O)(=O)CC(C)C)cc2)c(O)c1Cl.CCc1c(Cl)cc(NC(=O)c2cn(C)cn2)c(O)c1Cl.Cc1c(Cl)cc(NC(=O)c2cnn(C)c2)c(O)c1Cl.Cc1c(Cl)cc(NC(=O)c2cnoc2)c(O)c1Cl.Cc1c(Cl)cc(NC(=O)c2nccn2-c2ccccc2)c(O)c1Cl. The number of carbonyl (C=O) groups excluding carboxylic acids is 6. The number of para-hydroxylation sites is 1. The number of benzene rings is 8. The maximum absolute atomic E-state index is 12.5. The number of nitrogens with zero attached hydrogens (tertiary/aromatic N) is 8. The number of halogens is 12. The zero-order valence-corrected chi connectivity index (χ0v) is 79.7. The number of hydrogen-bond acceptors (Lipinski definition) is 20. The molecule has 13 rings (SSSR count). The quantitative estimate of drug-likeness (QED) is 0.0335. The summed E-state index contributed by atoms with van der Waals surface area (Å²) < 4.78 is 33.8. The summed E-state index contributed by atoms with van der Waals surface area (Å²) in [5.74, 6) is -3.85. The Morgan fingerprint density at radius 3 is 1.19 bits per heavy atom. The molecular formula is C87H80Cl12N14O15S. The van der Waals surface area contributed by atoms with E-state index in [1.807, 2.05) is 71.9 Å². The van der Waals surface area contributed by atoms with Gasteiger partial charge in [0.15, 0.2) is 44.3 Å². The number of sulfone groups is 1. The van der Waals surface area contributed by atoms with Gasteiger partial charge in [-0.05, 0) is 171 Å². The normalized spacial score (nSPS) is 10.8. The van der Waals surface area contributed by atoms with E-state index in [9.17, 15) is 67.8 Å². The van der Waals surface area contributed by atoms with E-state index < -0.39 is 45.3 Å². The molecule has 0 unspecified atom stereocenters. The first-order chi connectivity index (χ1) is 60.8. The van der Waals surface area contributed by atoms with Gasteiger partial charge in [0.2, 0.25) is 5.82 Å². The molecule has 0 saturated carbocycles. The standard InChI is InChI=1S/C19H21Cl2NO4S.C17H13Cl2N3O2.C15H14Cl2N2O2.C13H13Cl2N3O2.C12H11Cl2N3O2.C11H8Cl2N2O3/c1-4-14-15(20)9-16(18(23)17(14)21)22-19(24)12-5-7-13(8-6-12)27(25,26)10-11(2)3;1-10-12(18)9-13(15(23)14(10)19)21-17(24)16-20-7-8-22(16)11-5-3-2-4-6-11;1-3-10-11(16)6-12(14(20)13(10)17)19-15(21)9-5-4-8(2)18-7-9;1-3-7-8(14)4-9(12(19)11(7)15)17-13(20)10-5-18(2)6-16-10;1-6-8(13)3-9(11(18)10(6)14)16-12(19)7-4-15-17(2)5-7;1-5-7(12)2-8(10(16)9(5)13)15-11(17)6-3-14-18-4-6/h5-9,11,23H,4,10H2,1-3H3,(H,22,24);2-9,23H,1H3,(H,21,24);4-7,20H,3H2,1-2H3,(H,19,21);4-6,19H,3H2,1-2H3,(H,17,20);3-5,18H,1-2H3,(H,16,19);2-4,16H,1H3,(H,15,17). The number of imidazole rings is 2. The van der Waals surface area contributed by atoms with Crippen molar-refractivity contribution in [3.63, 3.8) is 0 Å². The number of phenolic OH excluding ortho intramolecular Hbond substituents is 6. The van der Waals surface area contributed by atoms with Crippen molar-refractivity contribution in [2.24, 2.45) is 20.0 Å². The van der Waals surface area contributed by atoms with Gasteiger partial charge in [-0.2, -0.15) is 5.10 Å². The highest BCUT2D eigenvalue weighted by Gasteiger charge is 2.26. The van der Waals surface area contributed by atoms with Crippen LogP contribution in [0.2, 0.25) is 60.3 Å². The van der Waals surface area contributed by atoms with E-state index in [1.165, 1.54) is 103 Å². The second kappa shape index (κ2) is 46.4. The predicted octanol–water partition coefficient (Wildman–Crippen LogP) is 23.1. The first kappa shape index (κ1) is 103. The second-order valence-electron chi connectivity index (χ2n) is 28.1. The van der Waals surface area contributed by atoms with Crippen LogP contribution in [0, 0.1) is 33.6 Å². The molecule has 0 aliphatic rings. The van der Waals surface area contributed by atoms with E-state index in [4.69, 9.17) is 139 Å². The van der Waals surface area contributed by atoms with Gasteiger partial charge in [-0.3, -0.25) is 43.0 Å². The van der Waals surface area contributed by atoms with Crippen LogP contribution in [0.1, 0.15) is 136 Å². The molecule has 0 fully saturated rings. The lowest BCUT2D eigenvalue weighted by Crippen LogP contribution is -2.17. The van der Waals surface area contributed by atoms with Gasteiger partial charge >= 0.3 is 0 Å². The Kier molecular flexibility index (Phi) is 37.1. The summed E-state index contributed by atoms with van der Waals surface area (Å²) in [5.41, 5.74) is 7.41. The third-order valence-electron chi connectivity index (χ3n) is 18.4. The van der Waals surface area contributed by atoms with Gasteiger partial charge in [-0.25, -0.2) is 18.4 Å². The van der Waals surface area contributed by atoms with Crippen molar-refractivity contribution in [2.45, 2.75) is 86.5 Å². The third kappa shape index (κ3) is 26.5. The van der Waals surface area contributed by atoms with Gasteiger partial charge in [0.25, 0.3) is 35.4 Å². The molecule has 0 aliphatic heterocycles. The number of aryl methyl sites for hydroxylation is 3. The van der Waals surface area contributed by atoms with Crippen LogP contribution in [0.25, 0.3) is 5.69 Å². The lowest BCUT2D eigenvalue weighted by molar-refractivity contribution is 0.100. The third-order valence-corrected chi connectivity index (χ3v) is 25.2. The summed E-state index contributed by atoms with van der Waals surface area (Å²) in [6.45, 7) is 16.1. The number of phenols is 6. The van der Waals surface area contributed by atoms with E-state index in [1.54, 1.807) is 74.7 Å². The van der Waals surface area contributed by atoms with Crippen LogP contribution in [-0.2, 0) is 43.2 Å². The summed E-state index contributed by atoms with van der Waals surface area (Å²) in [7, 11) is 0.0641. The fourth-order valence-corrected chi connectivity index (χ4v) is 16.5. The molecule has 5 heterocycles. The van der Waals surface area contributed by atoms with E-state index in [2.05, 4.69) is 61.6 Å². The summed E-state index contributed by atoms with van der Waals surface area (Å²) >= 11 is 72.2. The van der Waals surface area contributed by atoms with E-state index >= 15 is 0 Å². The lowest BCUT2D eigenvalue weighted by atomic mass is 10.1. The molecule has 0 aliphatic carbocycles. The summed E-state index contributed by atoms with van der Waals surface area (Å²) in [5, 5.41) is 85.5. The van der Waals surface area contributed by atoms with Crippen LogP contribution in [0.15, 0.2) is 169 Å². The highest BCUT2D eigenvalue weighted by atomic mass is 35.5. The number of anilines is 6. The number of hydrogen-bond donors (Lipinski definition) is 12. The van der Waals surface area contributed by atoms with E-state index in [0.717, 1.165) is 11.4 Å². The minimum absolute atomic E-state index is 0.00143. The van der Waals surface area contributed by atoms with Crippen LogP contribution in [0.3, 0.4) is 0 Å². The number of rotatable bonds is 19. The van der Waals surface area contributed by atoms with Crippen molar-refractivity contribution in [2.75, 3.05) is 37.7 Å². The maximum atomic E-state index is 12.5. The Labute approximate surface area is 800 Å². The van der Waals surface area contributed by atoms with Gasteiger partial charge in [-0.1, -0.05) is 197 Å². The molecule has 13 aromatic rings. The van der Waals surface area contributed by atoms with Gasteiger partial charge in [0.05, 0.1) is 110 Å². The average molecular weight is 2020 g/mol. The Hall–Kier alpha value is -11.2. The lowest BCUT2D eigenvalue weighted by Gasteiger charge is -2.13. The van der Waals surface area contributed by atoms with Crippen LogP contribution >= 0.6 is 139 Å². The molecule has 6 amide bonds. The van der Waals surface area contributed by atoms with Gasteiger partial charge in [0.1, 0.15) is 12.0 Å². The Morgan fingerprint density at radius 2 is 0.822 bits per heavy atom. The topological polar surface area (TPSA) is 422 Å². The first-order valence-electron chi connectivity index (χ1n) is 38.0. The zero-order valence-electron chi connectivity index (χ0n) is 69.8. The summed E-state index contributed by atoms with van der Waals surface area (Å²) in [6, 6.07) is 27.1.